The van der Waals surface area contributed by atoms with Crippen molar-refractivity contribution in [3.63, 3.8) is 0 Å². The maximum Gasteiger partial charge on any atom is 0.341 e. The van der Waals surface area contributed by atoms with Crippen LogP contribution in [0.2, 0.25) is 0 Å². The predicted octanol–water partition coefficient (Wildman–Crippen LogP) is 1.56. The van der Waals surface area contributed by atoms with Gasteiger partial charge in [0.2, 0.25) is 10.0 Å². The van der Waals surface area contributed by atoms with E-state index in [1.807, 2.05) is 19.1 Å². The fraction of sp³-hybridized carbons (Fsp3) is 0.433. The molecule has 1 atom stereocenters. The third kappa shape index (κ3) is 5.47. The number of halogens is 1. The van der Waals surface area contributed by atoms with Crippen molar-refractivity contribution >= 4 is 38.5 Å². The van der Waals surface area contributed by atoms with Crippen LogP contribution in [0.3, 0.4) is 0 Å². The third-order valence-electron chi connectivity index (χ3n) is 8.56. The predicted molar refractivity (Wildman–Crippen MR) is 162 cm³/mol. The third-order valence-corrected chi connectivity index (χ3v) is 10.4. The lowest BCUT2D eigenvalue weighted by atomic mass is 9.95. The molecule has 0 radical (unpaired) electrons. The van der Waals surface area contributed by atoms with Crippen LogP contribution in [0.15, 0.2) is 38.4 Å². The van der Waals surface area contributed by atoms with Crippen LogP contribution in [0.1, 0.15) is 37.4 Å². The van der Waals surface area contributed by atoms with E-state index in [9.17, 15) is 22.8 Å². The summed E-state index contributed by atoms with van der Waals surface area (Å²) in [4.78, 5) is 43.9. The Balaban J connectivity index is 1.48. The van der Waals surface area contributed by atoms with E-state index in [0.717, 1.165) is 58.3 Å². The van der Waals surface area contributed by atoms with Crippen LogP contribution in [-0.4, -0.2) is 101 Å². The minimum absolute atomic E-state index is 0.112. The average Bonchev–Trinajstić information content (AvgIpc) is 2.98. The number of fused-ring (bicyclic) bond motifs is 3. The van der Waals surface area contributed by atoms with Gasteiger partial charge in [0.05, 0.1) is 35.2 Å². The van der Waals surface area contributed by atoms with E-state index in [2.05, 4.69) is 16.8 Å². The van der Waals surface area contributed by atoms with Gasteiger partial charge >= 0.3 is 5.63 Å². The first-order chi connectivity index (χ1) is 20.8. The molecule has 2 aliphatic rings. The van der Waals surface area contributed by atoms with Gasteiger partial charge in [-0.05, 0) is 50.2 Å². The Morgan fingerprint density at radius 3 is 2.55 bits per heavy atom. The smallest absolute Gasteiger partial charge is 0.341 e. The number of anilines is 1. The van der Waals surface area contributed by atoms with Gasteiger partial charge in [0.1, 0.15) is 11.4 Å². The molecule has 2 amide bonds. The number of aryl methyl sites for hydroxylation is 1. The fourth-order valence-electron chi connectivity index (χ4n) is 6.03. The number of primary amides is 1. The van der Waals surface area contributed by atoms with Crippen LogP contribution in [-0.2, 0) is 27.7 Å². The molecule has 2 aliphatic heterocycles. The lowest BCUT2D eigenvalue weighted by Crippen LogP contribution is -2.53. The zero-order valence-electron chi connectivity index (χ0n) is 25.3. The highest BCUT2D eigenvalue weighted by Crippen LogP contribution is 2.34. The molecule has 2 N–H and O–H groups in total. The number of piperazine rings is 1. The maximum absolute atomic E-state index is 15.0. The van der Waals surface area contributed by atoms with Crippen LogP contribution >= 0.6 is 0 Å². The van der Waals surface area contributed by atoms with Crippen molar-refractivity contribution in [2.24, 2.45) is 5.73 Å². The summed E-state index contributed by atoms with van der Waals surface area (Å²) in [5.41, 5.74) is 6.98. The first-order valence-corrected chi connectivity index (χ1v) is 15.6. The highest BCUT2D eigenvalue weighted by Gasteiger charge is 2.32. The van der Waals surface area contributed by atoms with E-state index in [-0.39, 0.29) is 24.7 Å². The van der Waals surface area contributed by atoms with Gasteiger partial charge in [-0.2, -0.15) is 0 Å². The van der Waals surface area contributed by atoms with Crippen molar-refractivity contribution < 1.29 is 31.6 Å². The summed E-state index contributed by atoms with van der Waals surface area (Å²) in [6.07, 6.45) is 0.330. The second-order valence-electron chi connectivity index (χ2n) is 11.4. The molecule has 1 fully saturated rings. The number of benzene rings is 2. The van der Waals surface area contributed by atoms with Gasteiger partial charge < -0.3 is 24.7 Å². The molecular weight excluding hydrogens is 593 g/mol. The van der Waals surface area contributed by atoms with Crippen LogP contribution in [0.4, 0.5) is 10.1 Å². The Morgan fingerprint density at radius 1 is 1.16 bits per heavy atom. The molecule has 1 aromatic heterocycles. The van der Waals surface area contributed by atoms with Gasteiger partial charge in [0.15, 0.2) is 0 Å². The first kappa shape index (κ1) is 31.6. The minimum atomic E-state index is -4.32. The normalized spacial score (nSPS) is 17.8. The van der Waals surface area contributed by atoms with E-state index in [0.29, 0.717) is 24.2 Å². The molecule has 5 rings (SSSR count). The van der Waals surface area contributed by atoms with Gasteiger partial charge in [-0.15, -0.1) is 0 Å². The molecule has 14 heteroatoms. The zero-order chi connectivity index (χ0) is 32.1. The lowest BCUT2D eigenvalue weighted by Gasteiger charge is -2.41. The molecule has 12 nitrogen and oxygen atoms in total. The van der Waals surface area contributed by atoms with Gasteiger partial charge in [-0.1, -0.05) is 0 Å². The molecule has 0 bridgehead atoms. The van der Waals surface area contributed by atoms with Crippen LogP contribution in [0, 0.1) is 12.7 Å². The number of methoxy groups -OCH3 is 1. The van der Waals surface area contributed by atoms with Gasteiger partial charge in [0, 0.05) is 69.6 Å². The summed E-state index contributed by atoms with van der Waals surface area (Å²) < 4.78 is 52.8. The second kappa shape index (κ2) is 11.9. The fourth-order valence-corrected chi connectivity index (χ4v) is 7.16. The molecule has 3 heterocycles. The summed E-state index contributed by atoms with van der Waals surface area (Å²) in [7, 11) is 1.87. The molecule has 0 saturated carbocycles. The second-order valence-corrected chi connectivity index (χ2v) is 13.5. The Morgan fingerprint density at radius 2 is 1.89 bits per heavy atom. The molecule has 0 spiro atoms. The van der Waals surface area contributed by atoms with Crippen molar-refractivity contribution in [3.8, 4) is 0 Å². The Hall–Kier alpha value is -3.85. The Kier molecular flexibility index (Phi) is 8.55. The molecule has 44 heavy (non-hydrogen) atoms. The van der Waals surface area contributed by atoms with E-state index < -0.39 is 43.7 Å². The SMILES string of the molecule is COC[C@H]1CN(c2ccc3c4c(c(=O)oc3c2C)CN(C(=O)c2cc(F)c(C(N)=O)c(S(=O)(=O)N(C)C)c2)CC4)CCN1C. The number of rotatable bonds is 7. The quantitative estimate of drug-likeness (QED) is 0.385. The van der Waals surface area contributed by atoms with Crippen LogP contribution < -0.4 is 16.3 Å². The number of carbonyl (C=O) groups excluding carboxylic acids is 2. The van der Waals surface area contributed by atoms with Crippen molar-refractivity contribution in [2.45, 2.75) is 30.8 Å². The van der Waals surface area contributed by atoms with Gasteiger partial charge in [-0.3, -0.25) is 14.5 Å². The molecule has 1 saturated heterocycles. The topological polar surface area (TPSA) is 147 Å². The molecule has 3 aromatic rings. The number of likely N-dealkylation sites (N-methyl/N-ethyl adjacent to an activating group) is 1. The van der Waals surface area contributed by atoms with Crippen molar-refractivity contribution in [1.29, 1.82) is 0 Å². The standard InChI is InChI=1S/C30H36FN5O7S/c1-17-24(35-11-10-34(4)19(14-35)16-42-5)7-6-21-20-8-9-36(15-22(20)30(39)43-27(17)21)29(38)18-12-23(31)26(28(32)37)25(13-18)44(40,41)33(2)3/h6-7,12-13,19H,8-11,14-16H2,1-5H3,(H2,32,37)/t19-/m1/s1. The Bertz CT molecular complexity index is 1820. The van der Waals surface area contributed by atoms with Crippen LogP contribution in [0.25, 0.3) is 11.0 Å². The maximum atomic E-state index is 15.0. The number of nitrogens with two attached hydrogens (primary N) is 1. The summed E-state index contributed by atoms with van der Waals surface area (Å²) in [5.74, 6) is -3.21. The highest BCUT2D eigenvalue weighted by atomic mass is 32.2. The van der Waals surface area contributed by atoms with E-state index in [1.165, 1.54) is 19.0 Å². The average molecular weight is 630 g/mol. The van der Waals surface area contributed by atoms with Crippen molar-refractivity contribution in [1.82, 2.24) is 14.1 Å². The number of nitrogens with zero attached hydrogens (tertiary/aromatic N) is 4. The monoisotopic (exact) mass is 629 g/mol. The number of ether oxygens (including phenoxy) is 1. The van der Waals surface area contributed by atoms with E-state index in [1.54, 1.807) is 7.11 Å². The molecule has 2 aromatic carbocycles. The van der Waals surface area contributed by atoms with Gasteiger partial charge in [0.25, 0.3) is 11.8 Å². The van der Waals surface area contributed by atoms with Crippen molar-refractivity contribution in [3.05, 3.63) is 68.3 Å². The number of hydrogen-bond acceptors (Lipinski definition) is 9. The van der Waals surface area contributed by atoms with E-state index >= 15 is 4.39 Å². The number of amides is 2. The zero-order valence-corrected chi connectivity index (χ0v) is 26.2. The minimum Gasteiger partial charge on any atom is -0.422 e. The Labute approximate surface area is 254 Å². The molecule has 0 unspecified atom stereocenters. The number of carbonyl (C=O) groups is 2. The largest absolute Gasteiger partial charge is 0.422 e. The first-order valence-electron chi connectivity index (χ1n) is 14.1. The lowest BCUT2D eigenvalue weighted by molar-refractivity contribution is 0.0731. The molecule has 0 aliphatic carbocycles. The molecule has 236 valence electrons. The van der Waals surface area contributed by atoms with Crippen molar-refractivity contribution in [2.75, 3.05) is 65.9 Å². The number of sulfonamides is 1. The molecular formula is C30H36FN5O7S. The van der Waals surface area contributed by atoms with Gasteiger partial charge in [-0.25, -0.2) is 21.9 Å². The van der Waals surface area contributed by atoms with Crippen LogP contribution in [0.5, 0.6) is 0 Å². The summed E-state index contributed by atoms with van der Waals surface area (Å²) in [6.45, 7) is 5.05. The summed E-state index contributed by atoms with van der Waals surface area (Å²) in [5, 5.41) is 0.784. The highest BCUT2D eigenvalue weighted by molar-refractivity contribution is 7.89. The summed E-state index contributed by atoms with van der Waals surface area (Å²) in [6, 6.07) is 5.93. The van der Waals surface area contributed by atoms with E-state index in [4.69, 9.17) is 14.9 Å². The number of hydrogen-bond donors (Lipinski definition) is 1. The summed E-state index contributed by atoms with van der Waals surface area (Å²) >= 11 is 0.